The normalized spacial score (nSPS) is 13.7. The van der Waals surface area contributed by atoms with Crippen LogP contribution in [0, 0.1) is 25.8 Å². The molecule has 5 aromatic rings. The summed E-state index contributed by atoms with van der Waals surface area (Å²) in [6.45, 7) is 16.3. The molecule has 209 valence electrons. The van der Waals surface area contributed by atoms with E-state index in [0.717, 1.165) is 39.8 Å². The summed E-state index contributed by atoms with van der Waals surface area (Å²) in [5.41, 5.74) is 10.1. The van der Waals surface area contributed by atoms with Gasteiger partial charge in [-0.25, -0.2) is 0 Å². The Hall–Kier alpha value is -3.27. The molecule has 0 atom stereocenters. The number of hydrogen-bond acceptors (Lipinski definition) is 4. The zero-order valence-electron chi connectivity index (χ0n) is 24.4. The van der Waals surface area contributed by atoms with Crippen LogP contribution in [0.25, 0.3) is 44.0 Å². The molecular weight excluding hydrogens is 675 g/mol. The van der Waals surface area contributed by atoms with Crippen LogP contribution in [0.4, 0.5) is 0 Å². The molecule has 40 heavy (non-hydrogen) atoms. The van der Waals surface area contributed by atoms with Crippen LogP contribution in [0.2, 0.25) is 0 Å². The van der Waals surface area contributed by atoms with Crippen molar-refractivity contribution in [2.45, 2.75) is 67.2 Å². The van der Waals surface area contributed by atoms with E-state index in [1.54, 1.807) is 0 Å². The van der Waals surface area contributed by atoms with Gasteiger partial charge in [-0.3, -0.25) is 4.79 Å². The largest absolute Gasteiger partial charge is 0.512 e. The number of aryl methyl sites for hydroxylation is 2. The quantitative estimate of drug-likeness (QED) is 0.115. The van der Waals surface area contributed by atoms with Gasteiger partial charge in [-0.2, -0.15) is 0 Å². The smallest absolute Gasteiger partial charge is 0.155 e. The Morgan fingerprint density at radius 2 is 1.82 bits per heavy atom. The summed E-state index contributed by atoms with van der Waals surface area (Å²) in [6, 6.07) is 17.1. The number of benzene rings is 3. The van der Waals surface area contributed by atoms with Gasteiger partial charge in [0.2, 0.25) is 0 Å². The Bertz CT molecular complexity index is 1800. The molecule has 0 saturated carbocycles. The molecule has 1 N–H and O–H groups in total. The summed E-state index contributed by atoms with van der Waals surface area (Å²) in [7, 11) is 0. The first-order chi connectivity index (χ1) is 18.4. The molecule has 1 radical (unpaired) electrons. The first-order valence-corrected chi connectivity index (χ1v) is 13.6. The van der Waals surface area contributed by atoms with Crippen molar-refractivity contribution < 1.29 is 34.4 Å². The van der Waals surface area contributed by atoms with Crippen molar-refractivity contribution in [3.63, 3.8) is 0 Å². The average Bonchev–Trinajstić information content (AvgIpc) is 3.21. The fourth-order valence-electron chi connectivity index (χ4n) is 6.01. The molecule has 0 saturated heterocycles. The number of aliphatic hydroxyl groups is 1. The topological polar surface area (TPSA) is 63.3 Å². The number of allylic oxidation sites excluding steroid dienone is 2. The van der Waals surface area contributed by atoms with Gasteiger partial charge in [-0.15, -0.1) is 23.3 Å². The van der Waals surface area contributed by atoms with Crippen LogP contribution in [0.1, 0.15) is 69.4 Å². The van der Waals surface area contributed by atoms with Gasteiger partial charge in [0, 0.05) is 54.4 Å². The third kappa shape index (κ3) is 5.02. The molecule has 4 nitrogen and oxygen atoms in total. The Morgan fingerprint density at radius 1 is 1.10 bits per heavy atom. The molecule has 0 spiro atoms. The van der Waals surface area contributed by atoms with Crippen molar-refractivity contribution in [2.24, 2.45) is 5.92 Å². The van der Waals surface area contributed by atoms with E-state index < -0.39 is 0 Å². The SMILES string of the molecule is CC(=O)/C=C(/C)O.Cc1ccc2c3c([c-]cc2c1)-c1ncc(C)c2oc4c(CC(C)C)ccc(c4c12)C3(C)C.[Ir]. The zero-order chi connectivity index (χ0) is 28.2. The fourth-order valence-corrected chi connectivity index (χ4v) is 6.01. The summed E-state index contributed by atoms with van der Waals surface area (Å²) >= 11 is 0. The number of carbonyl (C=O) groups is 1. The zero-order valence-corrected chi connectivity index (χ0v) is 26.8. The van der Waals surface area contributed by atoms with Gasteiger partial charge in [-0.1, -0.05) is 74.4 Å². The monoisotopic (exact) mass is 711 g/mol. The molecule has 3 aromatic carbocycles. The van der Waals surface area contributed by atoms with Crippen molar-refractivity contribution in [1.29, 1.82) is 0 Å². The molecule has 0 amide bonds. The molecule has 0 aliphatic heterocycles. The predicted octanol–water partition coefficient (Wildman–Crippen LogP) is 9.09. The number of aromatic nitrogens is 1. The van der Waals surface area contributed by atoms with Gasteiger partial charge >= 0.3 is 0 Å². The number of nitrogens with zero attached hydrogens (tertiary/aromatic N) is 1. The van der Waals surface area contributed by atoms with E-state index in [1.807, 2.05) is 6.20 Å². The van der Waals surface area contributed by atoms with Gasteiger partial charge in [0.25, 0.3) is 0 Å². The van der Waals surface area contributed by atoms with Crippen molar-refractivity contribution >= 4 is 38.5 Å². The minimum Gasteiger partial charge on any atom is -0.512 e. The van der Waals surface area contributed by atoms with Crippen LogP contribution in [0.5, 0.6) is 0 Å². The molecule has 5 heteroatoms. The molecule has 1 aliphatic rings. The van der Waals surface area contributed by atoms with Crippen molar-refractivity contribution in [2.75, 3.05) is 0 Å². The number of ketones is 1. The molecule has 0 bridgehead atoms. The summed E-state index contributed by atoms with van der Waals surface area (Å²) in [6.07, 6.45) is 4.12. The maximum Gasteiger partial charge on any atom is 0.155 e. The minimum atomic E-state index is -0.222. The van der Waals surface area contributed by atoms with Gasteiger partial charge in [-0.05, 0) is 56.6 Å². The van der Waals surface area contributed by atoms with E-state index in [-0.39, 0.29) is 37.1 Å². The summed E-state index contributed by atoms with van der Waals surface area (Å²) in [4.78, 5) is 15.0. The fraction of sp³-hybridized carbons (Fsp3) is 0.314. The van der Waals surface area contributed by atoms with E-state index in [4.69, 9.17) is 14.5 Å². The van der Waals surface area contributed by atoms with E-state index in [9.17, 15) is 4.79 Å². The second kappa shape index (κ2) is 11.0. The number of carbonyl (C=O) groups excluding carboxylic acids is 1. The first-order valence-electron chi connectivity index (χ1n) is 13.6. The first kappa shape index (κ1) is 29.7. The number of pyridine rings is 1. The number of aliphatic hydroxyl groups excluding tert-OH is 1. The van der Waals surface area contributed by atoms with Gasteiger partial charge < -0.3 is 14.5 Å². The predicted molar refractivity (Wildman–Crippen MR) is 161 cm³/mol. The van der Waals surface area contributed by atoms with Gasteiger partial charge in [0.05, 0.1) is 5.76 Å². The number of fused-ring (bicyclic) bond motifs is 4. The van der Waals surface area contributed by atoms with Crippen LogP contribution in [0.15, 0.2) is 58.8 Å². The van der Waals surface area contributed by atoms with Crippen LogP contribution < -0.4 is 0 Å². The second-order valence-corrected chi connectivity index (χ2v) is 11.8. The number of furan rings is 1. The Kier molecular flexibility index (Phi) is 8.13. The molecule has 0 unspecified atom stereocenters. The molecule has 2 heterocycles. The van der Waals surface area contributed by atoms with Crippen LogP contribution in [-0.4, -0.2) is 15.9 Å². The number of hydrogen-bond donors (Lipinski definition) is 1. The average molecular weight is 711 g/mol. The third-order valence-corrected chi connectivity index (χ3v) is 7.58. The maximum atomic E-state index is 10.0. The van der Waals surface area contributed by atoms with Crippen molar-refractivity contribution in [3.05, 3.63) is 88.3 Å². The standard InChI is InChI=1S/C30H28NO.C5H8O2.Ir/c1-16(2)13-20-9-12-23-24-25-27(31-15-18(4)28(25)32-29(20)24)22-11-8-19-14-17(3)7-10-21(19)26(22)30(23,5)6;1-4(6)3-5(2)7;/h7-10,12,14-16H,13H2,1-6H3;3,6H,1-2H3;/q-1;;/b;4-3-;. The Balaban J connectivity index is 0.000000413. The molecule has 0 fully saturated rings. The summed E-state index contributed by atoms with van der Waals surface area (Å²) in [5.74, 6) is 0.499. The minimum absolute atomic E-state index is 0. The molecule has 6 rings (SSSR count). The van der Waals surface area contributed by atoms with Gasteiger partial charge in [0.1, 0.15) is 11.2 Å². The van der Waals surface area contributed by atoms with E-state index in [0.29, 0.717) is 5.92 Å². The van der Waals surface area contributed by atoms with E-state index in [2.05, 4.69) is 84.0 Å². The number of rotatable bonds is 3. The van der Waals surface area contributed by atoms with Crippen molar-refractivity contribution in [1.82, 2.24) is 4.98 Å². The van der Waals surface area contributed by atoms with Gasteiger partial charge in [0.15, 0.2) is 5.78 Å². The van der Waals surface area contributed by atoms with E-state index >= 15 is 0 Å². The van der Waals surface area contributed by atoms with Crippen molar-refractivity contribution in [3.8, 4) is 11.3 Å². The van der Waals surface area contributed by atoms with Crippen LogP contribution in [0.3, 0.4) is 0 Å². The molecular formula is C35H36IrNO3-. The Labute approximate surface area is 249 Å². The summed E-state index contributed by atoms with van der Waals surface area (Å²) < 4.78 is 6.63. The molecule has 2 aromatic heterocycles. The molecule has 1 aliphatic carbocycles. The van der Waals surface area contributed by atoms with Crippen LogP contribution in [-0.2, 0) is 36.7 Å². The van der Waals surface area contributed by atoms with E-state index in [1.165, 1.54) is 58.3 Å². The maximum absolute atomic E-state index is 10.0. The Morgan fingerprint density at radius 3 is 2.45 bits per heavy atom. The van der Waals surface area contributed by atoms with Crippen LogP contribution >= 0.6 is 0 Å². The second-order valence-electron chi connectivity index (χ2n) is 11.8. The third-order valence-electron chi connectivity index (χ3n) is 7.58. The summed E-state index contributed by atoms with van der Waals surface area (Å²) in [5, 5.41) is 13.3.